The van der Waals surface area contributed by atoms with Crippen LogP contribution in [-0.4, -0.2) is 52.2 Å². The lowest BCUT2D eigenvalue weighted by Crippen LogP contribution is -2.44. The van der Waals surface area contributed by atoms with Crippen molar-refractivity contribution in [2.45, 2.75) is 39.0 Å². The standard InChI is InChI=1S/C23H27N3O4/c1-2-30-23(29)18-10-12-26(13-11-18)22(28)21(27)15-20-14-19(24-16-25-20)9-8-17-6-4-3-5-7-17/h3-7,14,16,18H,2,8-13,15H2,1H3. The Morgan fingerprint density at radius 3 is 2.43 bits per heavy atom. The van der Waals surface area contributed by atoms with Gasteiger partial charge in [0.1, 0.15) is 6.33 Å². The van der Waals surface area contributed by atoms with E-state index in [4.69, 9.17) is 4.74 Å². The zero-order valence-electron chi connectivity index (χ0n) is 17.3. The molecule has 0 atom stereocenters. The second-order valence-corrected chi connectivity index (χ2v) is 7.40. The predicted octanol–water partition coefficient (Wildman–Crippen LogP) is 2.18. The number of hydrogen-bond donors (Lipinski definition) is 0. The largest absolute Gasteiger partial charge is 0.466 e. The lowest BCUT2D eigenvalue weighted by molar-refractivity contribution is -0.152. The van der Waals surface area contributed by atoms with Gasteiger partial charge in [0, 0.05) is 18.8 Å². The number of Topliss-reactive ketones (excluding diaryl/α,β-unsaturated/α-hetero) is 1. The highest BCUT2D eigenvalue weighted by Gasteiger charge is 2.30. The summed E-state index contributed by atoms with van der Waals surface area (Å²) in [5, 5.41) is 0. The summed E-state index contributed by atoms with van der Waals surface area (Å²) in [4.78, 5) is 46.8. The third-order valence-corrected chi connectivity index (χ3v) is 5.28. The number of likely N-dealkylation sites (tertiary alicyclic amines) is 1. The van der Waals surface area contributed by atoms with Gasteiger partial charge in [-0.05, 0) is 44.2 Å². The molecule has 1 saturated heterocycles. The quantitative estimate of drug-likeness (QED) is 0.490. The average molecular weight is 409 g/mol. The summed E-state index contributed by atoms with van der Waals surface area (Å²) in [6, 6.07) is 11.9. The van der Waals surface area contributed by atoms with Gasteiger partial charge in [-0.15, -0.1) is 0 Å². The van der Waals surface area contributed by atoms with Crippen molar-refractivity contribution in [3.63, 3.8) is 0 Å². The van der Waals surface area contributed by atoms with Crippen molar-refractivity contribution in [2.24, 2.45) is 5.92 Å². The van der Waals surface area contributed by atoms with Gasteiger partial charge in [-0.3, -0.25) is 14.4 Å². The van der Waals surface area contributed by atoms with Crippen molar-refractivity contribution < 1.29 is 19.1 Å². The molecule has 1 aliphatic rings. The Morgan fingerprint density at radius 1 is 1.03 bits per heavy atom. The van der Waals surface area contributed by atoms with E-state index in [1.165, 1.54) is 16.8 Å². The number of ether oxygens (including phenoxy) is 1. The van der Waals surface area contributed by atoms with Crippen LogP contribution in [0.5, 0.6) is 0 Å². The van der Waals surface area contributed by atoms with Crippen LogP contribution < -0.4 is 0 Å². The van der Waals surface area contributed by atoms with Gasteiger partial charge in [0.25, 0.3) is 5.91 Å². The van der Waals surface area contributed by atoms with Crippen LogP contribution in [0.25, 0.3) is 0 Å². The maximum absolute atomic E-state index is 12.5. The molecule has 30 heavy (non-hydrogen) atoms. The van der Waals surface area contributed by atoms with Crippen LogP contribution in [0.3, 0.4) is 0 Å². The molecule has 0 unspecified atom stereocenters. The van der Waals surface area contributed by atoms with E-state index in [1.54, 1.807) is 13.0 Å². The molecule has 158 valence electrons. The number of amides is 1. The van der Waals surface area contributed by atoms with Gasteiger partial charge in [-0.1, -0.05) is 30.3 Å². The fourth-order valence-corrected chi connectivity index (χ4v) is 3.59. The summed E-state index contributed by atoms with van der Waals surface area (Å²) < 4.78 is 5.04. The van der Waals surface area contributed by atoms with E-state index in [-0.39, 0.29) is 18.3 Å². The van der Waals surface area contributed by atoms with Gasteiger partial charge in [0.2, 0.25) is 5.78 Å². The number of benzene rings is 1. The summed E-state index contributed by atoms with van der Waals surface area (Å²) in [5.74, 6) is -1.42. The van der Waals surface area contributed by atoms with E-state index in [0.717, 1.165) is 18.5 Å². The second-order valence-electron chi connectivity index (χ2n) is 7.40. The molecule has 7 heteroatoms. The number of nitrogens with zero attached hydrogens (tertiary/aromatic N) is 3. The lowest BCUT2D eigenvalue weighted by atomic mass is 9.96. The van der Waals surface area contributed by atoms with Crippen molar-refractivity contribution in [1.29, 1.82) is 0 Å². The van der Waals surface area contributed by atoms with Crippen molar-refractivity contribution in [3.05, 3.63) is 59.7 Å². The fraction of sp³-hybridized carbons (Fsp3) is 0.435. The molecule has 0 bridgehead atoms. The molecule has 0 aliphatic carbocycles. The first-order valence-corrected chi connectivity index (χ1v) is 10.4. The van der Waals surface area contributed by atoms with Crippen LogP contribution in [0.2, 0.25) is 0 Å². The summed E-state index contributed by atoms with van der Waals surface area (Å²) in [6.07, 6.45) is 4.03. The molecule has 0 spiro atoms. The minimum Gasteiger partial charge on any atom is -0.466 e. The number of hydrogen-bond acceptors (Lipinski definition) is 6. The van der Waals surface area contributed by atoms with Gasteiger partial charge in [-0.2, -0.15) is 0 Å². The Bertz CT molecular complexity index is 877. The molecule has 1 fully saturated rings. The Morgan fingerprint density at radius 2 is 1.73 bits per heavy atom. The second kappa shape index (κ2) is 10.6. The summed E-state index contributed by atoms with van der Waals surface area (Å²) in [6.45, 7) is 2.90. The Hall–Kier alpha value is -3.09. The molecule has 1 aromatic carbocycles. The van der Waals surface area contributed by atoms with Crippen LogP contribution in [0.15, 0.2) is 42.7 Å². The maximum atomic E-state index is 12.5. The third-order valence-electron chi connectivity index (χ3n) is 5.28. The fourth-order valence-electron chi connectivity index (χ4n) is 3.59. The third kappa shape index (κ3) is 5.95. The van der Waals surface area contributed by atoms with Gasteiger partial charge >= 0.3 is 5.97 Å². The first kappa shape index (κ1) is 21.6. The number of rotatable bonds is 8. The van der Waals surface area contributed by atoms with Gasteiger partial charge < -0.3 is 9.64 Å². The van der Waals surface area contributed by atoms with Crippen LogP contribution >= 0.6 is 0 Å². The Labute approximate surface area is 176 Å². The summed E-state index contributed by atoms with van der Waals surface area (Å²) in [5.41, 5.74) is 2.61. The smallest absolute Gasteiger partial charge is 0.309 e. The monoisotopic (exact) mass is 409 g/mol. The molecule has 1 aliphatic heterocycles. The predicted molar refractivity (Wildman–Crippen MR) is 111 cm³/mol. The Kier molecular flexibility index (Phi) is 7.65. The molecule has 2 aromatic rings. The molecule has 2 heterocycles. The maximum Gasteiger partial charge on any atom is 0.309 e. The zero-order chi connectivity index (χ0) is 21.3. The van der Waals surface area contributed by atoms with Crippen LogP contribution in [-0.2, 0) is 38.4 Å². The molecule has 1 amide bonds. The Balaban J connectivity index is 1.50. The van der Waals surface area contributed by atoms with Gasteiger partial charge in [0.05, 0.1) is 24.6 Å². The molecule has 1 aromatic heterocycles. The van der Waals surface area contributed by atoms with E-state index in [2.05, 4.69) is 22.1 Å². The zero-order valence-corrected chi connectivity index (χ0v) is 17.3. The highest BCUT2D eigenvalue weighted by molar-refractivity contribution is 6.36. The van der Waals surface area contributed by atoms with Crippen molar-refractivity contribution in [1.82, 2.24) is 14.9 Å². The highest BCUT2D eigenvalue weighted by atomic mass is 16.5. The molecule has 0 saturated carbocycles. The summed E-state index contributed by atoms with van der Waals surface area (Å²) >= 11 is 0. The minimum absolute atomic E-state index is 0.0442. The minimum atomic E-state index is -0.512. The van der Waals surface area contributed by atoms with Crippen LogP contribution in [0.1, 0.15) is 36.7 Å². The molecule has 3 rings (SSSR count). The molecular weight excluding hydrogens is 382 g/mol. The van der Waals surface area contributed by atoms with Crippen molar-refractivity contribution in [3.8, 4) is 0 Å². The number of ketones is 1. The highest BCUT2D eigenvalue weighted by Crippen LogP contribution is 2.19. The molecule has 0 N–H and O–H groups in total. The number of esters is 1. The van der Waals surface area contributed by atoms with E-state index in [9.17, 15) is 14.4 Å². The topological polar surface area (TPSA) is 89.5 Å². The number of aryl methyl sites for hydroxylation is 2. The molecule has 7 nitrogen and oxygen atoms in total. The van der Waals surface area contributed by atoms with E-state index in [0.29, 0.717) is 38.2 Å². The summed E-state index contributed by atoms with van der Waals surface area (Å²) in [7, 11) is 0. The molecule has 0 radical (unpaired) electrons. The van der Waals surface area contributed by atoms with Gasteiger partial charge in [-0.25, -0.2) is 9.97 Å². The van der Waals surface area contributed by atoms with Crippen molar-refractivity contribution >= 4 is 17.7 Å². The van der Waals surface area contributed by atoms with E-state index in [1.807, 2.05) is 18.2 Å². The SMILES string of the molecule is CCOC(=O)C1CCN(C(=O)C(=O)Cc2cc(CCc3ccccc3)ncn2)CC1. The van der Waals surface area contributed by atoms with Gasteiger partial charge in [0.15, 0.2) is 0 Å². The number of carbonyl (C=O) groups excluding carboxylic acids is 3. The number of carbonyl (C=O) groups is 3. The number of aromatic nitrogens is 2. The number of piperidine rings is 1. The molecular formula is C23H27N3O4. The lowest BCUT2D eigenvalue weighted by Gasteiger charge is -2.30. The first-order chi connectivity index (χ1) is 14.6. The van der Waals surface area contributed by atoms with E-state index < -0.39 is 11.7 Å². The van der Waals surface area contributed by atoms with E-state index >= 15 is 0 Å². The average Bonchev–Trinajstić information content (AvgIpc) is 2.78. The first-order valence-electron chi connectivity index (χ1n) is 10.4. The normalized spacial score (nSPS) is 14.4. The van der Waals surface area contributed by atoms with Crippen LogP contribution in [0, 0.1) is 5.92 Å². The van der Waals surface area contributed by atoms with Crippen LogP contribution in [0.4, 0.5) is 0 Å². The van der Waals surface area contributed by atoms with Crippen molar-refractivity contribution in [2.75, 3.05) is 19.7 Å².